The van der Waals surface area contributed by atoms with Crippen LogP contribution in [0.5, 0.6) is 0 Å². The van der Waals surface area contributed by atoms with Gasteiger partial charge in [-0.1, -0.05) is 18.2 Å². The zero-order valence-corrected chi connectivity index (χ0v) is 28.5. The average molecular weight is 776 g/mol. The van der Waals surface area contributed by atoms with Gasteiger partial charge in [0, 0.05) is 19.6 Å². The van der Waals surface area contributed by atoms with Crippen molar-refractivity contribution in [3.05, 3.63) is 35.4 Å². The predicted molar refractivity (Wildman–Crippen MR) is 166 cm³/mol. The normalized spacial score (nSPS) is 43.2. The molecule has 1 aromatic carbocycles. The fourth-order valence-corrected chi connectivity index (χ4v) is 6.75. The van der Waals surface area contributed by atoms with Crippen molar-refractivity contribution in [3.63, 3.8) is 0 Å². The molecule has 0 aromatic heterocycles. The Morgan fingerprint density at radius 1 is 0.698 bits per heavy atom. The third-order valence-corrected chi connectivity index (χ3v) is 9.70. The van der Waals surface area contributed by atoms with Crippen molar-refractivity contribution in [2.45, 2.75) is 124 Å². The Balaban J connectivity index is 1.23. The Hall–Kier alpha value is -1.71. The maximum absolute atomic E-state index is 13.3. The van der Waals surface area contributed by atoms with Gasteiger partial charge in [0.1, 0.15) is 73.2 Å². The molecule has 4 saturated heterocycles. The number of rotatable bonds is 12. The molecule has 0 bridgehead atoms. The zero-order chi connectivity index (χ0) is 38.8. The number of nitrogens with zero attached hydrogens (tertiary/aromatic N) is 1. The van der Waals surface area contributed by atoms with Gasteiger partial charge >= 0.3 is 6.18 Å². The largest absolute Gasteiger partial charge is 0.416 e. The smallest absolute Gasteiger partial charge is 0.394 e. The van der Waals surface area contributed by atoms with Crippen molar-refractivity contribution >= 4 is 0 Å². The molecule has 4 aliphatic heterocycles. The van der Waals surface area contributed by atoms with E-state index in [1.807, 2.05) is 0 Å². The maximum atomic E-state index is 13.3. The van der Waals surface area contributed by atoms with Gasteiger partial charge in [-0.3, -0.25) is 4.90 Å². The number of halogens is 3. The molecule has 5 rings (SSSR count). The third kappa shape index (κ3) is 9.82. The zero-order valence-electron chi connectivity index (χ0n) is 28.5. The highest BCUT2D eigenvalue weighted by molar-refractivity contribution is 5.25. The molecule has 1 aromatic rings. The molecule has 304 valence electrons. The van der Waals surface area contributed by atoms with Crippen molar-refractivity contribution in [2.75, 3.05) is 39.5 Å². The fraction of sp³-hybridized carbons (Fsp3) is 0.812. The van der Waals surface area contributed by atoms with Crippen LogP contribution in [0.4, 0.5) is 13.2 Å². The summed E-state index contributed by atoms with van der Waals surface area (Å²) in [6.45, 7) is -1.03. The minimum absolute atomic E-state index is 0.0193. The van der Waals surface area contributed by atoms with Crippen LogP contribution in [0, 0.1) is 0 Å². The summed E-state index contributed by atoms with van der Waals surface area (Å²) < 4.78 is 79.5. The van der Waals surface area contributed by atoms with Crippen LogP contribution in [-0.2, 0) is 45.9 Å². The molecule has 10 N–H and O–H groups in total. The number of alkyl halides is 3. The molecule has 4 aliphatic rings. The first-order valence-electron chi connectivity index (χ1n) is 17.1. The fourth-order valence-electron chi connectivity index (χ4n) is 6.75. The average Bonchev–Trinajstić information content (AvgIpc) is 3.13. The van der Waals surface area contributed by atoms with E-state index in [-0.39, 0.29) is 19.6 Å². The lowest BCUT2D eigenvalue weighted by Gasteiger charge is -2.47. The van der Waals surface area contributed by atoms with E-state index in [1.165, 1.54) is 19.1 Å². The van der Waals surface area contributed by atoms with Crippen LogP contribution < -0.4 is 0 Å². The number of aliphatic hydroxyl groups is 10. The Morgan fingerprint density at radius 3 is 2.00 bits per heavy atom. The van der Waals surface area contributed by atoms with Gasteiger partial charge in [0.05, 0.1) is 44.2 Å². The lowest BCUT2D eigenvalue weighted by Crippen LogP contribution is -2.65. The molecule has 0 amide bonds. The summed E-state index contributed by atoms with van der Waals surface area (Å²) in [6.07, 6.45) is -30.0. The van der Waals surface area contributed by atoms with Crippen LogP contribution in [0.15, 0.2) is 24.3 Å². The molecular formula is C32H48F3NO17. The second kappa shape index (κ2) is 18.0. The standard InChI is InChI=1S/C32H48F3NO17/c1-13-21(40)28(53-31-26(45)25(44)22(41)17(10-38)51-31)24(43)19(48-13)12-47-30-27(46)29(23(42)18(11-39)50-30)52-20-8-36(7-16(9-37)49-20)6-14-3-2-4-15(5-14)32(33,34)35/h2-5,13,16-31,37-46H,6-12H2,1H3. The summed E-state index contributed by atoms with van der Waals surface area (Å²) in [5, 5.41) is 104. The molecule has 0 saturated carbocycles. The number of morpholine rings is 1. The molecule has 0 radical (unpaired) electrons. The van der Waals surface area contributed by atoms with Crippen LogP contribution in [-0.4, -0.2) is 200 Å². The highest BCUT2D eigenvalue weighted by atomic mass is 19.4. The monoisotopic (exact) mass is 775 g/mol. The van der Waals surface area contributed by atoms with Gasteiger partial charge in [-0.05, 0) is 18.6 Å². The van der Waals surface area contributed by atoms with Crippen LogP contribution in [0.1, 0.15) is 18.1 Å². The second-order valence-corrected chi connectivity index (χ2v) is 13.6. The van der Waals surface area contributed by atoms with E-state index in [4.69, 9.17) is 33.2 Å². The molecule has 4 heterocycles. The van der Waals surface area contributed by atoms with E-state index >= 15 is 0 Å². The summed E-state index contributed by atoms with van der Waals surface area (Å²) in [6, 6.07) is 4.72. The first kappa shape index (κ1) is 42.4. The van der Waals surface area contributed by atoms with E-state index < -0.39 is 142 Å². The van der Waals surface area contributed by atoms with Gasteiger partial charge in [-0.25, -0.2) is 0 Å². The predicted octanol–water partition coefficient (Wildman–Crippen LogP) is -4.24. The maximum Gasteiger partial charge on any atom is 0.416 e. The lowest BCUT2D eigenvalue weighted by atomic mass is 9.94. The van der Waals surface area contributed by atoms with E-state index in [1.54, 1.807) is 4.90 Å². The van der Waals surface area contributed by atoms with Crippen molar-refractivity contribution in [2.24, 2.45) is 0 Å². The first-order valence-corrected chi connectivity index (χ1v) is 17.1. The highest BCUT2D eigenvalue weighted by Crippen LogP contribution is 2.33. The molecule has 18 nitrogen and oxygen atoms in total. The molecule has 0 aliphatic carbocycles. The van der Waals surface area contributed by atoms with E-state index in [2.05, 4.69) is 0 Å². The summed E-state index contributed by atoms with van der Waals surface area (Å²) in [7, 11) is 0. The van der Waals surface area contributed by atoms with E-state index in [0.717, 1.165) is 12.1 Å². The van der Waals surface area contributed by atoms with Crippen LogP contribution >= 0.6 is 0 Å². The molecule has 17 atom stereocenters. The number of hydrogen-bond acceptors (Lipinski definition) is 18. The second-order valence-electron chi connectivity index (χ2n) is 13.6. The molecule has 4 fully saturated rings. The van der Waals surface area contributed by atoms with Crippen molar-refractivity contribution in [3.8, 4) is 0 Å². The number of benzene rings is 1. The van der Waals surface area contributed by atoms with Crippen molar-refractivity contribution in [1.29, 1.82) is 0 Å². The SMILES string of the molecule is CC1OC(COC2OC(CO)C(O)C(OC3CN(Cc4cccc(C(F)(F)F)c4)CC(CO)O3)C2O)C(O)C(OC2OC(CO)C(O)C(O)C2O)C1O. The molecule has 21 heteroatoms. The Morgan fingerprint density at radius 2 is 1.34 bits per heavy atom. The van der Waals surface area contributed by atoms with Gasteiger partial charge in [0.15, 0.2) is 18.9 Å². The van der Waals surface area contributed by atoms with Gasteiger partial charge in [0.2, 0.25) is 0 Å². The van der Waals surface area contributed by atoms with Gasteiger partial charge < -0.3 is 84.2 Å². The lowest BCUT2D eigenvalue weighted by molar-refractivity contribution is -0.352. The van der Waals surface area contributed by atoms with E-state index in [9.17, 15) is 64.2 Å². The van der Waals surface area contributed by atoms with Crippen LogP contribution in [0.2, 0.25) is 0 Å². The highest BCUT2D eigenvalue weighted by Gasteiger charge is 2.52. The van der Waals surface area contributed by atoms with Gasteiger partial charge in [-0.15, -0.1) is 0 Å². The first-order chi connectivity index (χ1) is 25.1. The Labute approximate surface area is 301 Å². The Kier molecular flexibility index (Phi) is 14.4. The number of aliphatic hydroxyl groups excluding tert-OH is 10. The molecule has 0 spiro atoms. The summed E-state index contributed by atoms with van der Waals surface area (Å²) in [5.74, 6) is 0. The summed E-state index contributed by atoms with van der Waals surface area (Å²) >= 11 is 0. The topological polar surface area (TPSA) is 270 Å². The van der Waals surface area contributed by atoms with Crippen LogP contribution in [0.3, 0.4) is 0 Å². The molecule has 17 unspecified atom stereocenters. The minimum Gasteiger partial charge on any atom is -0.394 e. The molecule has 53 heavy (non-hydrogen) atoms. The Bertz CT molecular complexity index is 1300. The molecular weight excluding hydrogens is 727 g/mol. The number of hydrogen-bond donors (Lipinski definition) is 10. The minimum atomic E-state index is -4.55. The summed E-state index contributed by atoms with van der Waals surface area (Å²) in [5.41, 5.74) is -0.509. The number of ether oxygens (including phenoxy) is 7. The third-order valence-electron chi connectivity index (χ3n) is 9.70. The van der Waals surface area contributed by atoms with Crippen LogP contribution in [0.25, 0.3) is 0 Å². The van der Waals surface area contributed by atoms with Gasteiger partial charge in [-0.2, -0.15) is 13.2 Å². The van der Waals surface area contributed by atoms with E-state index in [0.29, 0.717) is 5.56 Å². The van der Waals surface area contributed by atoms with Crippen molar-refractivity contribution < 1.29 is 97.4 Å². The summed E-state index contributed by atoms with van der Waals surface area (Å²) in [4.78, 5) is 1.67. The quantitative estimate of drug-likeness (QED) is 0.0964. The van der Waals surface area contributed by atoms with Gasteiger partial charge in [0.25, 0.3) is 0 Å². The van der Waals surface area contributed by atoms with Crippen molar-refractivity contribution in [1.82, 2.24) is 4.90 Å².